The van der Waals surface area contributed by atoms with E-state index in [9.17, 15) is 0 Å². The summed E-state index contributed by atoms with van der Waals surface area (Å²) in [5.74, 6) is 0.867. The molecule has 106 valence electrons. The van der Waals surface area contributed by atoms with Crippen LogP contribution in [0, 0.1) is 0 Å². The van der Waals surface area contributed by atoms with Crippen LogP contribution in [-0.2, 0) is 12.8 Å². The van der Waals surface area contributed by atoms with Crippen molar-refractivity contribution in [1.82, 2.24) is 0 Å². The molecule has 1 aromatic rings. The zero-order valence-electron chi connectivity index (χ0n) is 11.5. The Hall–Kier alpha value is -0.770. The number of rotatable bonds is 5. The first-order valence-corrected chi connectivity index (χ1v) is 7.49. The zero-order chi connectivity index (χ0) is 13.8. The van der Waals surface area contributed by atoms with Gasteiger partial charge in [0.05, 0.1) is 11.6 Å². The van der Waals surface area contributed by atoms with Gasteiger partial charge < -0.3 is 16.2 Å². The molecule has 19 heavy (non-hydrogen) atoms. The van der Waals surface area contributed by atoms with Gasteiger partial charge in [-0.1, -0.05) is 18.5 Å². The highest BCUT2D eigenvalue weighted by atomic mass is 35.5. The van der Waals surface area contributed by atoms with E-state index in [1.165, 1.54) is 24.0 Å². The molecule has 2 rings (SSSR count). The predicted molar refractivity (Wildman–Crippen MR) is 79.9 cm³/mol. The fraction of sp³-hybridized carbons (Fsp3) is 0.600. The van der Waals surface area contributed by atoms with E-state index in [1.54, 1.807) is 0 Å². The van der Waals surface area contributed by atoms with Crippen LogP contribution < -0.4 is 16.2 Å². The van der Waals surface area contributed by atoms with Gasteiger partial charge >= 0.3 is 0 Å². The van der Waals surface area contributed by atoms with Crippen LogP contribution in [0.3, 0.4) is 0 Å². The van der Waals surface area contributed by atoms with Crippen molar-refractivity contribution >= 4 is 11.6 Å². The maximum atomic E-state index is 6.38. The van der Waals surface area contributed by atoms with Crippen molar-refractivity contribution < 1.29 is 4.74 Å². The van der Waals surface area contributed by atoms with Crippen LogP contribution in [0.1, 0.15) is 48.9 Å². The van der Waals surface area contributed by atoms with E-state index in [1.807, 2.05) is 6.07 Å². The molecule has 0 radical (unpaired) electrons. The minimum atomic E-state index is -0.135. The van der Waals surface area contributed by atoms with Gasteiger partial charge in [-0.25, -0.2) is 0 Å². The summed E-state index contributed by atoms with van der Waals surface area (Å²) < 4.78 is 5.85. The SMILES string of the molecule is CCCOc1c(Cl)cc(C(N)CN)c2c1CCCC2. The summed E-state index contributed by atoms with van der Waals surface area (Å²) >= 11 is 6.38. The first-order chi connectivity index (χ1) is 9.19. The van der Waals surface area contributed by atoms with Gasteiger partial charge in [-0.2, -0.15) is 0 Å². The quantitative estimate of drug-likeness (QED) is 0.873. The summed E-state index contributed by atoms with van der Waals surface area (Å²) in [7, 11) is 0. The third-order valence-electron chi connectivity index (χ3n) is 3.69. The fourth-order valence-electron chi connectivity index (χ4n) is 2.73. The van der Waals surface area contributed by atoms with Crippen LogP contribution in [0.25, 0.3) is 0 Å². The fourth-order valence-corrected chi connectivity index (χ4v) is 3.01. The van der Waals surface area contributed by atoms with Crippen LogP contribution in [0.15, 0.2) is 6.07 Å². The van der Waals surface area contributed by atoms with Crippen molar-refractivity contribution in [3.05, 3.63) is 27.8 Å². The first-order valence-electron chi connectivity index (χ1n) is 7.11. The van der Waals surface area contributed by atoms with Crippen molar-refractivity contribution in [2.45, 2.75) is 45.1 Å². The Morgan fingerprint density at radius 1 is 1.32 bits per heavy atom. The summed E-state index contributed by atoms with van der Waals surface area (Å²) in [5.41, 5.74) is 15.5. The third-order valence-corrected chi connectivity index (χ3v) is 3.97. The molecule has 1 unspecified atom stereocenters. The summed E-state index contributed by atoms with van der Waals surface area (Å²) in [5, 5.41) is 0.674. The van der Waals surface area contributed by atoms with Crippen molar-refractivity contribution in [3.8, 4) is 5.75 Å². The van der Waals surface area contributed by atoms with Gasteiger partial charge in [0.1, 0.15) is 5.75 Å². The summed E-state index contributed by atoms with van der Waals surface area (Å²) in [4.78, 5) is 0. The van der Waals surface area contributed by atoms with Crippen LogP contribution in [0.5, 0.6) is 5.75 Å². The molecule has 0 aliphatic heterocycles. The highest BCUT2D eigenvalue weighted by Gasteiger charge is 2.23. The standard InChI is InChI=1S/C15H23ClN2O/c1-2-7-19-15-11-6-4-3-5-10(11)12(8-13(15)16)14(18)9-17/h8,14H,2-7,9,17-18H2,1H3. The maximum absolute atomic E-state index is 6.38. The Labute approximate surface area is 120 Å². The molecule has 0 aromatic heterocycles. The van der Waals surface area contributed by atoms with Crippen LogP contribution >= 0.6 is 11.6 Å². The van der Waals surface area contributed by atoms with E-state index in [2.05, 4.69) is 6.92 Å². The second-order valence-corrected chi connectivity index (χ2v) is 5.54. The second-order valence-electron chi connectivity index (χ2n) is 5.13. The van der Waals surface area contributed by atoms with Crippen LogP contribution in [0.4, 0.5) is 0 Å². The normalized spacial score (nSPS) is 16.0. The van der Waals surface area contributed by atoms with Gasteiger partial charge in [-0.3, -0.25) is 0 Å². The Balaban J connectivity index is 2.47. The molecule has 0 saturated carbocycles. The predicted octanol–water partition coefficient (Wildman–Crippen LogP) is 2.97. The molecule has 0 heterocycles. The number of hydrogen-bond acceptors (Lipinski definition) is 3. The van der Waals surface area contributed by atoms with E-state index in [0.29, 0.717) is 18.2 Å². The molecule has 0 saturated heterocycles. The topological polar surface area (TPSA) is 61.3 Å². The highest BCUT2D eigenvalue weighted by Crippen LogP contribution is 2.39. The number of ether oxygens (including phenoxy) is 1. The molecule has 0 spiro atoms. The Morgan fingerprint density at radius 3 is 2.63 bits per heavy atom. The highest BCUT2D eigenvalue weighted by molar-refractivity contribution is 6.32. The van der Waals surface area contributed by atoms with Crippen molar-refractivity contribution in [3.63, 3.8) is 0 Å². The Kier molecular flexibility index (Phi) is 5.08. The van der Waals surface area contributed by atoms with Gasteiger partial charge in [0, 0.05) is 12.6 Å². The zero-order valence-corrected chi connectivity index (χ0v) is 12.3. The van der Waals surface area contributed by atoms with E-state index < -0.39 is 0 Å². The molecule has 1 aliphatic rings. The Morgan fingerprint density at radius 2 is 2.00 bits per heavy atom. The minimum Gasteiger partial charge on any atom is -0.492 e. The molecule has 1 atom stereocenters. The number of benzene rings is 1. The first kappa shape index (κ1) is 14.6. The molecule has 1 aliphatic carbocycles. The van der Waals surface area contributed by atoms with E-state index in [4.69, 9.17) is 27.8 Å². The Bertz CT molecular complexity index is 448. The van der Waals surface area contributed by atoms with Crippen molar-refractivity contribution in [2.24, 2.45) is 11.5 Å². The lowest BCUT2D eigenvalue weighted by molar-refractivity contribution is 0.312. The molecule has 4 N–H and O–H groups in total. The van der Waals surface area contributed by atoms with Gasteiger partial charge in [0.15, 0.2) is 0 Å². The third kappa shape index (κ3) is 3.04. The van der Waals surface area contributed by atoms with Crippen LogP contribution in [0.2, 0.25) is 5.02 Å². The number of fused-ring (bicyclic) bond motifs is 1. The number of nitrogens with two attached hydrogens (primary N) is 2. The molecule has 4 heteroatoms. The number of hydrogen-bond donors (Lipinski definition) is 2. The van der Waals surface area contributed by atoms with Gasteiger partial charge in [-0.15, -0.1) is 0 Å². The van der Waals surface area contributed by atoms with Crippen LogP contribution in [-0.4, -0.2) is 13.2 Å². The molecule has 1 aromatic carbocycles. The van der Waals surface area contributed by atoms with E-state index in [-0.39, 0.29) is 6.04 Å². The molecular weight excluding hydrogens is 260 g/mol. The molecule has 0 bridgehead atoms. The molecule has 3 nitrogen and oxygen atoms in total. The molecule has 0 amide bonds. The average molecular weight is 283 g/mol. The lowest BCUT2D eigenvalue weighted by Crippen LogP contribution is -2.24. The van der Waals surface area contributed by atoms with Gasteiger partial charge in [0.2, 0.25) is 0 Å². The summed E-state index contributed by atoms with van der Waals surface area (Å²) in [6.07, 6.45) is 5.45. The van der Waals surface area contributed by atoms with Gasteiger partial charge in [-0.05, 0) is 54.9 Å². The lowest BCUT2D eigenvalue weighted by Gasteiger charge is -2.26. The summed E-state index contributed by atoms with van der Waals surface area (Å²) in [6.45, 7) is 3.24. The largest absolute Gasteiger partial charge is 0.492 e. The lowest BCUT2D eigenvalue weighted by atomic mass is 9.85. The minimum absolute atomic E-state index is 0.135. The molecular formula is C15H23ClN2O. The average Bonchev–Trinajstić information content (AvgIpc) is 2.45. The van der Waals surface area contributed by atoms with Crippen molar-refractivity contribution in [2.75, 3.05) is 13.2 Å². The monoisotopic (exact) mass is 282 g/mol. The summed E-state index contributed by atoms with van der Waals surface area (Å²) in [6, 6.07) is 1.82. The second kappa shape index (κ2) is 6.60. The number of halogens is 1. The molecule has 0 fully saturated rings. The van der Waals surface area contributed by atoms with Crippen molar-refractivity contribution in [1.29, 1.82) is 0 Å². The maximum Gasteiger partial charge on any atom is 0.141 e. The van der Waals surface area contributed by atoms with Gasteiger partial charge in [0.25, 0.3) is 0 Å². The van der Waals surface area contributed by atoms with E-state index in [0.717, 1.165) is 30.6 Å². The van der Waals surface area contributed by atoms with E-state index >= 15 is 0 Å². The smallest absolute Gasteiger partial charge is 0.141 e.